The van der Waals surface area contributed by atoms with Crippen LogP contribution in [0, 0.1) is 5.82 Å². The second-order valence-electron chi connectivity index (χ2n) is 7.98. The predicted molar refractivity (Wildman–Crippen MR) is 127 cm³/mol. The van der Waals surface area contributed by atoms with Gasteiger partial charge in [-0.05, 0) is 54.7 Å². The van der Waals surface area contributed by atoms with Gasteiger partial charge in [0.05, 0.1) is 29.3 Å². The number of halogens is 2. The van der Waals surface area contributed by atoms with Crippen LogP contribution in [0.15, 0.2) is 71.8 Å². The van der Waals surface area contributed by atoms with E-state index in [0.29, 0.717) is 18.9 Å². The monoisotopic (exact) mass is 481 g/mol. The van der Waals surface area contributed by atoms with Gasteiger partial charge in [0.25, 0.3) is 5.43 Å². The van der Waals surface area contributed by atoms with Gasteiger partial charge in [-0.1, -0.05) is 24.3 Å². The van der Waals surface area contributed by atoms with Gasteiger partial charge in [0.15, 0.2) is 11.4 Å². The van der Waals surface area contributed by atoms with Gasteiger partial charge in [-0.2, -0.15) is 10.2 Å². The van der Waals surface area contributed by atoms with Crippen LogP contribution in [0.1, 0.15) is 29.8 Å². The minimum atomic E-state index is -3.95. The van der Waals surface area contributed by atoms with Crippen LogP contribution in [0.25, 0.3) is 22.8 Å². The lowest BCUT2D eigenvalue weighted by Crippen LogP contribution is -2.20. The first-order valence-electron chi connectivity index (χ1n) is 13.0. The smallest absolute Gasteiger partial charge is 0.251 e. The molecule has 0 spiro atoms. The van der Waals surface area contributed by atoms with Crippen molar-refractivity contribution >= 4 is 0 Å². The Hall–Kier alpha value is -3.85. The normalized spacial score (nSPS) is 16.7. The Labute approximate surface area is 206 Å². The fraction of sp³-hybridized carbons (Fsp3) is 0.269. The number of nitrogens with zero attached hydrogens (tertiary/aromatic N) is 4. The van der Waals surface area contributed by atoms with E-state index in [1.165, 1.54) is 29.1 Å². The van der Waals surface area contributed by atoms with Gasteiger partial charge in [0.2, 0.25) is 0 Å². The topological polar surface area (TPSA) is 71.2 Å². The summed E-state index contributed by atoms with van der Waals surface area (Å²) in [5.41, 5.74) is 0.202. The van der Waals surface area contributed by atoms with Crippen molar-refractivity contribution in [3.8, 4) is 28.5 Å². The fourth-order valence-electron chi connectivity index (χ4n) is 4.16. The predicted octanol–water partition coefficient (Wildman–Crippen LogP) is 4.47. The van der Waals surface area contributed by atoms with Crippen molar-refractivity contribution in [1.29, 1.82) is 0 Å². The highest BCUT2D eigenvalue weighted by Gasteiger charge is 2.21. The fourth-order valence-corrected chi connectivity index (χ4v) is 4.16. The molecule has 35 heavy (non-hydrogen) atoms. The molecule has 0 amide bonds. The highest BCUT2D eigenvalue weighted by molar-refractivity contribution is 5.59. The maximum atomic E-state index is 15.4. The molecule has 0 N–H and O–H groups in total. The first-order valence-corrected chi connectivity index (χ1v) is 11.0. The van der Waals surface area contributed by atoms with E-state index in [2.05, 4.69) is 10.2 Å². The molecule has 5 rings (SSSR count). The van der Waals surface area contributed by atoms with Gasteiger partial charge in [-0.15, -0.1) is 0 Å². The molecule has 0 aliphatic carbocycles. The van der Waals surface area contributed by atoms with Crippen molar-refractivity contribution in [2.75, 3.05) is 26.4 Å². The van der Waals surface area contributed by atoms with E-state index < -0.39 is 30.2 Å². The van der Waals surface area contributed by atoms with Gasteiger partial charge in [0, 0.05) is 13.2 Å². The average molecular weight is 482 g/mol. The summed E-state index contributed by atoms with van der Waals surface area (Å²) >= 11 is 0. The third kappa shape index (κ3) is 4.72. The molecule has 4 aromatic rings. The SMILES string of the molecule is [2H]C([2H])([18F])C([2H])([2H])Oc1cn(-c2ccc(C3CCOCC3)cc2F)nc(-c2ccnn2-c2ccccc2)c1=O. The van der Waals surface area contributed by atoms with Crippen molar-refractivity contribution in [2.45, 2.75) is 18.8 Å². The van der Waals surface area contributed by atoms with E-state index in [9.17, 15) is 9.18 Å². The molecule has 0 radical (unpaired) electrons. The summed E-state index contributed by atoms with van der Waals surface area (Å²) < 4.78 is 71.9. The van der Waals surface area contributed by atoms with Crippen molar-refractivity contribution in [1.82, 2.24) is 19.6 Å². The number of hydrogen-bond acceptors (Lipinski definition) is 5. The lowest BCUT2D eigenvalue weighted by molar-refractivity contribution is 0.0853. The highest BCUT2D eigenvalue weighted by Crippen LogP contribution is 2.29. The number of hydrogen-bond donors (Lipinski definition) is 0. The summed E-state index contributed by atoms with van der Waals surface area (Å²) in [6.07, 6.45) is 3.83. The second-order valence-corrected chi connectivity index (χ2v) is 7.98. The van der Waals surface area contributed by atoms with Gasteiger partial charge in [-0.25, -0.2) is 18.1 Å². The molecule has 180 valence electrons. The van der Waals surface area contributed by atoms with Gasteiger partial charge >= 0.3 is 0 Å². The van der Waals surface area contributed by atoms with E-state index in [4.69, 9.17) is 15.0 Å². The van der Waals surface area contributed by atoms with Crippen LogP contribution in [0.5, 0.6) is 5.75 Å². The standard InChI is InChI=1S/C26H24F2N4O3/c27-11-15-35-24-17-31(22-7-6-19(16-21(22)28)18-9-13-34-14-10-18)30-25(26(24)33)23-8-12-29-32(23)20-4-2-1-3-5-20/h1-8,12,16-18H,9-11,13-15H2/i11D2,15D2,27-1. The number of alkyl halides is 1. The Morgan fingerprint density at radius 1 is 1.14 bits per heavy atom. The molecular weight excluding hydrogens is 453 g/mol. The molecule has 1 aliphatic heterocycles. The molecule has 0 saturated carbocycles. The molecule has 2 aromatic heterocycles. The van der Waals surface area contributed by atoms with E-state index in [1.807, 2.05) is 0 Å². The molecule has 9 heteroatoms. The Bertz CT molecular complexity index is 1530. The lowest BCUT2D eigenvalue weighted by Gasteiger charge is -2.22. The summed E-state index contributed by atoms with van der Waals surface area (Å²) in [6, 6.07) is 14.9. The van der Waals surface area contributed by atoms with Crippen LogP contribution in [-0.4, -0.2) is 46.0 Å². The zero-order chi connectivity index (χ0) is 27.8. The van der Waals surface area contributed by atoms with Crippen LogP contribution < -0.4 is 10.2 Å². The van der Waals surface area contributed by atoms with Crippen LogP contribution in [0.2, 0.25) is 0 Å². The molecule has 1 fully saturated rings. The highest BCUT2D eigenvalue weighted by atomic mass is 19.1. The molecule has 0 bridgehead atoms. The molecule has 3 heterocycles. The van der Waals surface area contributed by atoms with E-state index in [0.717, 1.165) is 29.3 Å². The van der Waals surface area contributed by atoms with Crippen molar-refractivity contribution in [3.05, 3.63) is 88.6 Å². The third-order valence-corrected chi connectivity index (χ3v) is 5.88. The van der Waals surface area contributed by atoms with Crippen LogP contribution in [0.4, 0.5) is 8.78 Å². The largest absolute Gasteiger partial charge is 0.485 e. The summed E-state index contributed by atoms with van der Waals surface area (Å²) in [7, 11) is 0. The van der Waals surface area contributed by atoms with E-state index >= 15 is 4.39 Å². The number of aromatic nitrogens is 4. The first-order chi connectivity index (χ1) is 18.5. The number of rotatable bonds is 7. The van der Waals surface area contributed by atoms with E-state index in [-0.39, 0.29) is 23.0 Å². The van der Waals surface area contributed by atoms with Gasteiger partial charge in [-0.3, -0.25) is 4.79 Å². The second kappa shape index (κ2) is 10.2. The molecule has 7 nitrogen and oxygen atoms in total. The van der Waals surface area contributed by atoms with Gasteiger partial charge in [0.1, 0.15) is 24.7 Å². The lowest BCUT2D eigenvalue weighted by atomic mass is 9.91. The number of benzene rings is 2. The third-order valence-electron chi connectivity index (χ3n) is 5.88. The Balaban J connectivity index is 1.65. The summed E-state index contributed by atoms with van der Waals surface area (Å²) in [5.74, 6) is -1.30. The maximum Gasteiger partial charge on any atom is 0.251 e. The zero-order valence-corrected chi connectivity index (χ0v) is 18.5. The number of ether oxygens (including phenoxy) is 2. The van der Waals surface area contributed by atoms with Crippen molar-refractivity contribution in [2.24, 2.45) is 0 Å². The molecule has 1 saturated heterocycles. The molecule has 2 aromatic carbocycles. The number of para-hydroxylation sites is 1. The summed E-state index contributed by atoms with van der Waals surface area (Å²) in [4.78, 5) is 13.4. The molecule has 0 atom stereocenters. The molecular formula is C26H24F2N4O3. The Morgan fingerprint density at radius 3 is 2.69 bits per heavy atom. The summed E-state index contributed by atoms with van der Waals surface area (Å²) in [5, 5.41) is 8.56. The molecule has 1 aliphatic rings. The quantitative estimate of drug-likeness (QED) is 0.390. The average Bonchev–Trinajstić information content (AvgIpc) is 3.40. The van der Waals surface area contributed by atoms with Crippen LogP contribution >= 0.6 is 0 Å². The molecule has 0 unspecified atom stereocenters. The Morgan fingerprint density at radius 2 is 1.94 bits per heavy atom. The van der Waals surface area contributed by atoms with E-state index in [1.54, 1.807) is 36.4 Å². The van der Waals surface area contributed by atoms with Crippen molar-refractivity contribution < 1.29 is 23.7 Å². The minimum Gasteiger partial charge on any atom is -0.485 e. The maximum absolute atomic E-state index is 15.4. The van der Waals surface area contributed by atoms with Crippen molar-refractivity contribution in [3.63, 3.8) is 0 Å². The minimum absolute atomic E-state index is 0.0773. The van der Waals surface area contributed by atoms with Crippen LogP contribution in [0.3, 0.4) is 0 Å². The summed E-state index contributed by atoms with van der Waals surface area (Å²) in [6.45, 7) is -6.32. The zero-order valence-electron chi connectivity index (χ0n) is 22.5. The first kappa shape index (κ1) is 18.5. The van der Waals surface area contributed by atoms with Crippen LogP contribution in [-0.2, 0) is 4.74 Å². The Kier molecular flexibility index (Phi) is 5.38. The van der Waals surface area contributed by atoms with Gasteiger partial charge < -0.3 is 9.47 Å².